The topological polar surface area (TPSA) is 52.6 Å². The summed E-state index contributed by atoms with van der Waals surface area (Å²) in [7, 11) is 1.70. The molecule has 2 unspecified atom stereocenters. The van der Waals surface area contributed by atoms with Crippen LogP contribution in [0.15, 0.2) is 24.3 Å². The number of piperidine rings is 1. The van der Waals surface area contributed by atoms with E-state index < -0.39 is 0 Å². The molecule has 2 atom stereocenters. The molecule has 0 spiro atoms. The lowest BCUT2D eigenvalue weighted by atomic mass is 9.94. The van der Waals surface area contributed by atoms with Crippen LogP contribution in [0.25, 0.3) is 0 Å². The van der Waals surface area contributed by atoms with Gasteiger partial charge in [0.15, 0.2) is 0 Å². The molecule has 1 heterocycles. The third-order valence-electron chi connectivity index (χ3n) is 4.16. The first-order valence-electron chi connectivity index (χ1n) is 7.43. The van der Waals surface area contributed by atoms with E-state index in [-0.39, 0.29) is 23.7 Å². The molecule has 0 saturated carbocycles. The molecule has 1 saturated heterocycles. The van der Waals surface area contributed by atoms with Crippen LogP contribution in [0.1, 0.15) is 44.2 Å². The lowest BCUT2D eigenvalue weighted by molar-refractivity contribution is -0.128. The zero-order chi connectivity index (χ0) is 14.5. The predicted molar refractivity (Wildman–Crippen MR) is 79.6 cm³/mol. The molecular weight excluding hydrogens is 252 g/mol. The van der Waals surface area contributed by atoms with Crippen molar-refractivity contribution in [1.29, 1.82) is 0 Å². The zero-order valence-corrected chi connectivity index (χ0v) is 12.3. The average molecular weight is 276 g/mol. The molecular formula is C16H24N2O2. The minimum atomic E-state index is -0.0347. The van der Waals surface area contributed by atoms with Gasteiger partial charge in [-0.1, -0.05) is 25.5 Å². The van der Waals surface area contributed by atoms with Gasteiger partial charge in [0, 0.05) is 13.1 Å². The van der Waals surface area contributed by atoms with Crippen molar-refractivity contribution in [2.75, 3.05) is 13.6 Å². The summed E-state index contributed by atoms with van der Waals surface area (Å²) < 4.78 is 0. The highest BCUT2D eigenvalue weighted by molar-refractivity contribution is 5.81. The molecule has 0 aliphatic carbocycles. The second kappa shape index (κ2) is 6.75. The maximum absolute atomic E-state index is 12.1. The normalized spacial score (nSPS) is 21.4. The summed E-state index contributed by atoms with van der Waals surface area (Å²) in [4.78, 5) is 14.4. The molecule has 0 bridgehead atoms. The third-order valence-corrected chi connectivity index (χ3v) is 4.16. The molecule has 1 aromatic rings. The van der Waals surface area contributed by atoms with E-state index in [2.05, 4.69) is 17.1 Å². The van der Waals surface area contributed by atoms with Crippen LogP contribution >= 0.6 is 0 Å². The van der Waals surface area contributed by atoms with Crippen molar-refractivity contribution in [3.8, 4) is 5.75 Å². The van der Waals surface area contributed by atoms with Gasteiger partial charge in [0.1, 0.15) is 5.75 Å². The number of aromatic hydroxyl groups is 1. The van der Waals surface area contributed by atoms with Crippen molar-refractivity contribution < 1.29 is 9.90 Å². The monoisotopic (exact) mass is 276 g/mol. The predicted octanol–water partition coefficient (Wildman–Crippen LogP) is 2.44. The Morgan fingerprint density at radius 3 is 2.70 bits per heavy atom. The molecule has 0 aromatic heterocycles. The Morgan fingerprint density at radius 1 is 1.40 bits per heavy atom. The molecule has 1 amide bonds. The Bertz CT molecular complexity index is 444. The van der Waals surface area contributed by atoms with Gasteiger partial charge in [-0.25, -0.2) is 0 Å². The third kappa shape index (κ3) is 3.12. The van der Waals surface area contributed by atoms with Gasteiger partial charge in [-0.15, -0.1) is 0 Å². The van der Waals surface area contributed by atoms with Crippen LogP contribution in [0.4, 0.5) is 0 Å². The van der Waals surface area contributed by atoms with Crippen molar-refractivity contribution in [1.82, 2.24) is 10.2 Å². The van der Waals surface area contributed by atoms with E-state index >= 15 is 0 Å². The first-order valence-corrected chi connectivity index (χ1v) is 7.43. The van der Waals surface area contributed by atoms with E-state index in [9.17, 15) is 9.90 Å². The van der Waals surface area contributed by atoms with Gasteiger partial charge < -0.3 is 10.4 Å². The van der Waals surface area contributed by atoms with Crippen molar-refractivity contribution in [2.24, 2.45) is 0 Å². The first-order chi connectivity index (χ1) is 9.67. The second-order valence-corrected chi connectivity index (χ2v) is 5.38. The van der Waals surface area contributed by atoms with Gasteiger partial charge >= 0.3 is 0 Å². The quantitative estimate of drug-likeness (QED) is 0.888. The maximum Gasteiger partial charge on any atom is 0.237 e. The Kier molecular flexibility index (Phi) is 5.01. The summed E-state index contributed by atoms with van der Waals surface area (Å²) in [6.07, 6.45) is 4.13. The fourth-order valence-electron chi connectivity index (χ4n) is 3.13. The molecule has 110 valence electrons. The van der Waals surface area contributed by atoms with E-state index in [4.69, 9.17) is 0 Å². The van der Waals surface area contributed by atoms with Crippen molar-refractivity contribution in [2.45, 2.75) is 44.7 Å². The average Bonchev–Trinajstić information content (AvgIpc) is 2.49. The van der Waals surface area contributed by atoms with Crippen LogP contribution in [0, 0.1) is 0 Å². The number of phenols is 1. The summed E-state index contributed by atoms with van der Waals surface area (Å²) in [5.41, 5.74) is 1.17. The maximum atomic E-state index is 12.1. The number of likely N-dealkylation sites (N-methyl/N-ethyl adjacent to an activating group) is 1. The number of carbonyl (C=O) groups is 1. The number of hydrogen-bond acceptors (Lipinski definition) is 3. The molecule has 1 aliphatic rings. The highest BCUT2D eigenvalue weighted by Gasteiger charge is 2.32. The number of amides is 1. The number of benzene rings is 1. The van der Waals surface area contributed by atoms with Gasteiger partial charge in [-0.3, -0.25) is 9.69 Å². The van der Waals surface area contributed by atoms with E-state index in [1.807, 2.05) is 12.1 Å². The number of carbonyl (C=O) groups excluding carboxylic acids is 1. The molecule has 4 nitrogen and oxygen atoms in total. The number of nitrogens with one attached hydrogen (secondary N) is 1. The van der Waals surface area contributed by atoms with Crippen molar-refractivity contribution in [3.05, 3.63) is 29.8 Å². The number of rotatable bonds is 4. The molecule has 0 radical (unpaired) electrons. The fourth-order valence-corrected chi connectivity index (χ4v) is 3.13. The van der Waals surface area contributed by atoms with Crippen LogP contribution in [-0.2, 0) is 4.79 Å². The minimum Gasteiger partial charge on any atom is -0.508 e. The summed E-state index contributed by atoms with van der Waals surface area (Å²) in [5.74, 6) is 0.395. The van der Waals surface area contributed by atoms with E-state index in [0.717, 1.165) is 32.2 Å². The van der Waals surface area contributed by atoms with Crippen molar-refractivity contribution in [3.63, 3.8) is 0 Å². The molecule has 2 rings (SSSR count). The smallest absolute Gasteiger partial charge is 0.237 e. The van der Waals surface area contributed by atoms with E-state index in [0.29, 0.717) is 0 Å². The summed E-state index contributed by atoms with van der Waals surface area (Å²) >= 11 is 0. The number of phenolic OH excluding ortho intramolecular Hbond substituents is 1. The highest BCUT2D eigenvalue weighted by Crippen LogP contribution is 2.31. The van der Waals surface area contributed by atoms with Gasteiger partial charge in [0.25, 0.3) is 0 Å². The Hall–Kier alpha value is -1.55. The van der Waals surface area contributed by atoms with Crippen LogP contribution in [0.2, 0.25) is 0 Å². The molecule has 1 aromatic carbocycles. The summed E-state index contributed by atoms with van der Waals surface area (Å²) in [5, 5.41) is 12.2. The zero-order valence-electron chi connectivity index (χ0n) is 12.3. The van der Waals surface area contributed by atoms with Crippen LogP contribution in [-0.4, -0.2) is 35.5 Å². The molecule has 1 fully saturated rings. The number of hydrogen-bond donors (Lipinski definition) is 2. The molecule has 2 N–H and O–H groups in total. The van der Waals surface area contributed by atoms with Crippen LogP contribution in [0.5, 0.6) is 5.75 Å². The van der Waals surface area contributed by atoms with E-state index in [1.54, 1.807) is 19.2 Å². The van der Waals surface area contributed by atoms with Crippen LogP contribution in [0.3, 0.4) is 0 Å². The van der Waals surface area contributed by atoms with Gasteiger partial charge in [-0.2, -0.15) is 0 Å². The standard InChI is InChI=1S/C16H24N2O2/c1-3-14(12-7-9-13(19)10-8-12)18-11-5-4-6-15(18)16(20)17-2/h7-10,14-15,19H,3-6,11H2,1-2H3,(H,17,20). The Morgan fingerprint density at radius 2 is 2.10 bits per heavy atom. The molecule has 1 aliphatic heterocycles. The Balaban J connectivity index is 2.23. The summed E-state index contributed by atoms with van der Waals surface area (Å²) in [6, 6.07) is 7.55. The molecule has 20 heavy (non-hydrogen) atoms. The van der Waals surface area contributed by atoms with Crippen molar-refractivity contribution >= 4 is 5.91 Å². The highest BCUT2D eigenvalue weighted by atomic mass is 16.3. The number of nitrogens with zero attached hydrogens (tertiary/aromatic N) is 1. The number of likely N-dealkylation sites (tertiary alicyclic amines) is 1. The van der Waals surface area contributed by atoms with Gasteiger partial charge in [-0.05, 0) is 43.5 Å². The van der Waals surface area contributed by atoms with Gasteiger partial charge in [0.2, 0.25) is 5.91 Å². The summed E-state index contributed by atoms with van der Waals surface area (Å²) in [6.45, 7) is 3.10. The fraction of sp³-hybridized carbons (Fsp3) is 0.562. The largest absolute Gasteiger partial charge is 0.508 e. The first kappa shape index (κ1) is 14.9. The Labute approximate surface area is 120 Å². The SMILES string of the molecule is CCC(c1ccc(O)cc1)N1CCCCC1C(=O)NC. The van der Waals surface area contributed by atoms with Gasteiger partial charge in [0.05, 0.1) is 6.04 Å². The second-order valence-electron chi connectivity index (χ2n) is 5.38. The lowest BCUT2D eigenvalue weighted by Gasteiger charge is -2.40. The molecule has 4 heteroatoms. The van der Waals surface area contributed by atoms with E-state index in [1.165, 1.54) is 5.56 Å². The lowest BCUT2D eigenvalue weighted by Crippen LogP contribution is -2.49. The van der Waals surface area contributed by atoms with Crippen LogP contribution < -0.4 is 5.32 Å². The minimum absolute atomic E-state index is 0.0347.